The summed E-state index contributed by atoms with van der Waals surface area (Å²) in [6.07, 6.45) is 0. The van der Waals surface area contributed by atoms with E-state index < -0.39 is 0 Å². The summed E-state index contributed by atoms with van der Waals surface area (Å²) in [5.41, 5.74) is 1.38. The molecule has 0 saturated heterocycles. The van der Waals surface area contributed by atoms with E-state index in [4.69, 9.17) is 0 Å². The Morgan fingerprint density at radius 2 is 1.25 bits per heavy atom. The van der Waals surface area contributed by atoms with Crippen LogP contribution in [-0.2, 0) is 10.7 Å². The minimum absolute atomic E-state index is 0.208. The van der Waals surface area contributed by atoms with Gasteiger partial charge in [0, 0.05) is 21.8 Å². The zero-order valence-corrected chi connectivity index (χ0v) is 9.39. The fourth-order valence-electron chi connectivity index (χ4n) is 0.877. The molecule has 0 aliphatic carbocycles. The van der Waals surface area contributed by atoms with Crippen molar-refractivity contribution in [2.24, 2.45) is 0 Å². The topological polar surface area (TPSA) is 40.5 Å². The van der Waals surface area contributed by atoms with Crippen LogP contribution in [0.15, 0.2) is 12.1 Å². The summed E-state index contributed by atoms with van der Waals surface area (Å²) < 4.78 is 0. The molecule has 0 unspecified atom stereocenters. The van der Waals surface area contributed by atoms with Crippen LogP contribution in [0, 0.1) is 0 Å². The monoisotopic (exact) mass is 294 g/mol. The Kier molecular flexibility index (Phi) is 3.40. The maximum Gasteiger partial charge on any atom is 0.120 e. The number of phenolic OH excluding ortho intramolecular Hbond substituents is 2. The second kappa shape index (κ2) is 4.14. The van der Waals surface area contributed by atoms with E-state index >= 15 is 0 Å². The molecule has 0 spiro atoms. The second-order valence-corrected chi connectivity index (χ2v) is 3.50. The smallest absolute Gasteiger partial charge is 0.120 e. The first-order valence-corrected chi connectivity index (χ1v) is 5.59. The number of benzene rings is 1. The minimum atomic E-state index is 0.208. The van der Waals surface area contributed by atoms with Crippen LogP contribution >= 0.6 is 31.9 Å². The third-order valence-electron chi connectivity index (χ3n) is 1.57. The Morgan fingerprint density at radius 3 is 1.50 bits per heavy atom. The van der Waals surface area contributed by atoms with E-state index in [1.54, 1.807) is 12.1 Å². The summed E-state index contributed by atoms with van der Waals surface area (Å²) in [5.74, 6) is 0.415. The van der Waals surface area contributed by atoms with Crippen molar-refractivity contribution in [3.63, 3.8) is 0 Å². The van der Waals surface area contributed by atoms with Gasteiger partial charge in [0.15, 0.2) is 0 Å². The van der Waals surface area contributed by atoms with Gasteiger partial charge >= 0.3 is 0 Å². The summed E-state index contributed by atoms with van der Waals surface area (Å²) in [5, 5.41) is 19.8. The van der Waals surface area contributed by atoms with Crippen molar-refractivity contribution in [1.82, 2.24) is 0 Å². The lowest BCUT2D eigenvalue weighted by Crippen LogP contribution is -1.84. The molecule has 0 saturated carbocycles. The second-order valence-electron chi connectivity index (χ2n) is 2.38. The maximum atomic E-state index is 9.38. The predicted octanol–water partition coefficient (Wildman–Crippen LogP) is 2.89. The number of phenols is 2. The van der Waals surface area contributed by atoms with Gasteiger partial charge in [-0.2, -0.15) is 0 Å². The van der Waals surface area contributed by atoms with E-state index in [2.05, 4.69) is 31.9 Å². The molecule has 0 radical (unpaired) electrons. The molecule has 1 aromatic carbocycles. The lowest BCUT2D eigenvalue weighted by molar-refractivity contribution is 0.453. The van der Waals surface area contributed by atoms with Gasteiger partial charge in [0.25, 0.3) is 0 Å². The van der Waals surface area contributed by atoms with E-state index in [0.717, 1.165) is 0 Å². The lowest BCUT2D eigenvalue weighted by atomic mass is 10.1. The highest BCUT2D eigenvalue weighted by Gasteiger charge is 2.06. The van der Waals surface area contributed by atoms with Gasteiger partial charge in [0.1, 0.15) is 11.5 Å². The van der Waals surface area contributed by atoms with E-state index in [1.807, 2.05) is 0 Å². The van der Waals surface area contributed by atoms with Gasteiger partial charge in [-0.1, -0.05) is 31.9 Å². The first-order valence-electron chi connectivity index (χ1n) is 3.34. The van der Waals surface area contributed by atoms with Crippen molar-refractivity contribution in [2.75, 3.05) is 0 Å². The van der Waals surface area contributed by atoms with Crippen molar-refractivity contribution in [2.45, 2.75) is 10.7 Å². The number of hydrogen-bond donors (Lipinski definition) is 2. The SMILES string of the molecule is Oc1cc(CBr)c(O)cc1CBr. The van der Waals surface area contributed by atoms with E-state index in [-0.39, 0.29) is 11.5 Å². The van der Waals surface area contributed by atoms with E-state index in [1.165, 1.54) is 0 Å². The van der Waals surface area contributed by atoms with Crippen molar-refractivity contribution in [3.8, 4) is 11.5 Å². The molecule has 2 N–H and O–H groups in total. The molecule has 0 heterocycles. The first kappa shape index (κ1) is 9.86. The Hall–Kier alpha value is -0.220. The van der Waals surface area contributed by atoms with Crippen molar-refractivity contribution >= 4 is 31.9 Å². The molecule has 1 rings (SSSR count). The number of aromatic hydroxyl groups is 2. The van der Waals surface area contributed by atoms with Crippen molar-refractivity contribution in [3.05, 3.63) is 23.3 Å². The zero-order valence-electron chi connectivity index (χ0n) is 6.22. The molecule has 66 valence electrons. The van der Waals surface area contributed by atoms with Gasteiger partial charge in [-0.25, -0.2) is 0 Å². The zero-order chi connectivity index (χ0) is 9.14. The number of alkyl halides is 2. The first-order chi connectivity index (χ1) is 5.69. The number of halogens is 2. The predicted molar refractivity (Wildman–Crippen MR) is 55.0 cm³/mol. The molecular formula is C8H8Br2O2. The summed E-state index contributed by atoms with van der Waals surface area (Å²) in [6, 6.07) is 3.11. The highest BCUT2D eigenvalue weighted by atomic mass is 79.9. The van der Waals surface area contributed by atoms with Gasteiger partial charge in [-0.15, -0.1) is 0 Å². The third-order valence-corrected chi connectivity index (χ3v) is 2.78. The molecule has 1 aromatic rings. The molecule has 0 bridgehead atoms. The van der Waals surface area contributed by atoms with Gasteiger partial charge in [0.05, 0.1) is 0 Å². The molecular weight excluding hydrogens is 288 g/mol. The van der Waals surface area contributed by atoms with Crippen LogP contribution in [0.5, 0.6) is 11.5 Å². The largest absolute Gasteiger partial charge is 0.508 e. The Morgan fingerprint density at radius 1 is 0.917 bits per heavy atom. The van der Waals surface area contributed by atoms with Crippen LogP contribution in [0.1, 0.15) is 11.1 Å². The van der Waals surface area contributed by atoms with Crippen LogP contribution in [0.2, 0.25) is 0 Å². The van der Waals surface area contributed by atoms with Crippen LogP contribution in [0.3, 0.4) is 0 Å². The molecule has 4 heteroatoms. The highest BCUT2D eigenvalue weighted by Crippen LogP contribution is 2.29. The summed E-state index contributed by atoms with van der Waals surface area (Å²) in [4.78, 5) is 0. The van der Waals surface area contributed by atoms with Crippen LogP contribution in [-0.4, -0.2) is 10.2 Å². The maximum absolute atomic E-state index is 9.38. The fraction of sp³-hybridized carbons (Fsp3) is 0.250. The summed E-state index contributed by atoms with van der Waals surface area (Å²) >= 11 is 6.41. The summed E-state index contributed by atoms with van der Waals surface area (Å²) in [6.45, 7) is 0. The molecule has 0 amide bonds. The lowest BCUT2D eigenvalue weighted by Gasteiger charge is -2.05. The van der Waals surface area contributed by atoms with E-state index in [0.29, 0.717) is 21.8 Å². The quantitative estimate of drug-likeness (QED) is 0.651. The minimum Gasteiger partial charge on any atom is -0.508 e. The van der Waals surface area contributed by atoms with Gasteiger partial charge in [0.2, 0.25) is 0 Å². The average molecular weight is 296 g/mol. The molecule has 0 atom stereocenters. The van der Waals surface area contributed by atoms with Gasteiger partial charge in [-0.05, 0) is 12.1 Å². The average Bonchev–Trinajstić information content (AvgIpc) is 2.08. The molecule has 0 aromatic heterocycles. The Bertz CT molecular complexity index is 257. The number of rotatable bonds is 2. The fourth-order valence-corrected chi connectivity index (χ4v) is 1.78. The molecule has 12 heavy (non-hydrogen) atoms. The van der Waals surface area contributed by atoms with Crippen LogP contribution in [0.25, 0.3) is 0 Å². The molecule has 0 aliphatic heterocycles. The number of hydrogen-bond acceptors (Lipinski definition) is 2. The standard InChI is InChI=1S/C8H8Br2O2/c9-3-5-1-7(11)6(4-10)2-8(5)12/h1-2,11-12H,3-4H2. The van der Waals surface area contributed by atoms with Crippen LogP contribution in [0.4, 0.5) is 0 Å². The normalized spacial score (nSPS) is 10.2. The Labute approximate surface area is 87.5 Å². The third kappa shape index (κ3) is 1.93. The highest BCUT2D eigenvalue weighted by molar-refractivity contribution is 9.08. The molecule has 0 fully saturated rings. The van der Waals surface area contributed by atoms with Crippen molar-refractivity contribution < 1.29 is 10.2 Å². The van der Waals surface area contributed by atoms with Gasteiger partial charge < -0.3 is 10.2 Å². The summed E-state index contributed by atoms with van der Waals surface area (Å²) in [7, 11) is 0. The van der Waals surface area contributed by atoms with Gasteiger partial charge in [-0.3, -0.25) is 0 Å². The van der Waals surface area contributed by atoms with E-state index in [9.17, 15) is 10.2 Å². The van der Waals surface area contributed by atoms with Crippen molar-refractivity contribution in [1.29, 1.82) is 0 Å². The molecule has 2 nitrogen and oxygen atoms in total. The molecule has 0 aliphatic rings. The Balaban J connectivity index is 3.16. The van der Waals surface area contributed by atoms with Crippen LogP contribution < -0.4 is 0 Å².